The van der Waals surface area contributed by atoms with E-state index in [4.69, 9.17) is 21.6 Å². The molecule has 1 atom stereocenters. The lowest BCUT2D eigenvalue weighted by Crippen LogP contribution is -2.36. The van der Waals surface area contributed by atoms with Gasteiger partial charge in [-0.05, 0) is 50.8 Å². The lowest BCUT2D eigenvalue weighted by Gasteiger charge is -2.25. The van der Waals surface area contributed by atoms with Gasteiger partial charge in [0.1, 0.15) is 11.6 Å². The van der Waals surface area contributed by atoms with Gasteiger partial charge in [-0.25, -0.2) is 9.97 Å². The maximum Gasteiger partial charge on any atom is 0.221 e. The number of hydrogen-bond acceptors (Lipinski definition) is 4. The number of halogens is 1. The highest BCUT2D eigenvalue weighted by Gasteiger charge is 2.28. The van der Waals surface area contributed by atoms with Crippen LogP contribution in [0.1, 0.15) is 64.6 Å². The second-order valence-electron chi connectivity index (χ2n) is 7.46. The highest BCUT2D eigenvalue weighted by atomic mass is 35.5. The second-order valence-corrected chi connectivity index (χ2v) is 7.89. The van der Waals surface area contributed by atoms with Crippen LogP contribution in [0.2, 0.25) is 5.02 Å². The average molecular weight is 389 g/mol. The smallest absolute Gasteiger partial charge is 0.221 e. The van der Waals surface area contributed by atoms with Crippen LogP contribution in [0.3, 0.4) is 0 Å². The lowest BCUT2D eigenvalue weighted by atomic mass is 10.2. The Morgan fingerprint density at radius 2 is 2.07 bits per heavy atom. The van der Waals surface area contributed by atoms with Gasteiger partial charge in [0.2, 0.25) is 5.91 Å². The lowest BCUT2D eigenvalue weighted by molar-refractivity contribution is -0.121. The number of anilines is 1. The Morgan fingerprint density at radius 3 is 2.74 bits per heavy atom. The summed E-state index contributed by atoms with van der Waals surface area (Å²) in [6.07, 6.45) is 4.69. The molecule has 1 amide bonds. The molecule has 6 heteroatoms. The zero-order chi connectivity index (χ0) is 19.4. The topological polar surface area (TPSA) is 58.1 Å². The van der Waals surface area contributed by atoms with Gasteiger partial charge in [-0.15, -0.1) is 0 Å². The van der Waals surface area contributed by atoms with Crippen LogP contribution in [-0.4, -0.2) is 35.0 Å². The molecule has 3 rings (SSSR count). The van der Waals surface area contributed by atoms with Crippen LogP contribution in [0.5, 0.6) is 0 Å². The fourth-order valence-electron chi connectivity index (χ4n) is 3.15. The molecule has 0 radical (unpaired) electrons. The number of amides is 1. The van der Waals surface area contributed by atoms with Gasteiger partial charge in [-0.2, -0.15) is 0 Å². The van der Waals surface area contributed by atoms with E-state index in [-0.39, 0.29) is 11.9 Å². The molecule has 1 heterocycles. The van der Waals surface area contributed by atoms with Gasteiger partial charge in [0.25, 0.3) is 0 Å². The number of fused-ring (bicyclic) bond motifs is 1. The third kappa shape index (κ3) is 5.10. The second kappa shape index (κ2) is 8.87. The van der Waals surface area contributed by atoms with Crippen LogP contribution in [-0.2, 0) is 4.79 Å². The van der Waals surface area contributed by atoms with Crippen LogP contribution < -0.4 is 10.2 Å². The molecular formula is C21H29ClN4O. The fraction of sp³-hybridized carbons (Fsp3) is 0.571. The van der Waals surface area contributed by atoms with Crippen molar-refractivity contribution < 1.29 is 4.79 Å². The van der Waals surface area contributed by atoms with Crippen molar-refractivity contribution in [3.05, 3.63) is 29.0 Å². The Bertz CT molecular complexity index is 806. The predicted octanol–water partition coefficient (Wildman–Crippen LogP) is 4.68. The van der Waals surface area contributed by atoms with E-state index >= 15 is 0 Å². The maximum absolute atomic E-state index is 12.3. The summed E-state index contributed by atoms with van der Waals surface area (Å²) in [5.41, 5.74) is 0.888. The van der Waals surface area contributed by atoms with Gasteiger partial charge >= 0.3 is 0 Å². The first-order chi connectivity index (χ1) is 13.0. The standard InChI is InChI=1S/C21H29ClN4O/c1-4-11-26(12-10-19(27)23-14(3)5-2)21-17-9-8-16(22)13-18(17)24-20(25-21)15-6-7-15/h8-9,13-15H,4-7,10-12H2,1-3H3,(H,23,27). The van der Waals surface area contributed by atoms with Crippen LogP contribution in [0.25, 0.3) is 10.9 Å². The summed E-state index contributed by atoms with van der Waals surface area (Å²) < 4.78 is 0. The van der Waals surface area contributed by atoms with Gasteiger partial charge in [0.05, 0.1) is 5.52 Å². The van der Waals surface area contributed by atoms with Gasteiger partial charge in [-0.3, -0.25) is 4.79 Å². The Labute approximate surface area is 166 Å². The van der Waals surface area contributed by atoms with Gasteiger partial charge in [0, 0.05) is 41.9 Å². The fourth-order valence-corrected chi connectivity index (χ4v) is 3.31. The number of benzene rings is 1. The molecule has 2 aromatic rings. The first-order valence-electron chi connectivity index (χ1n) is 10.0. The summed E-state index contributed by atoms with van der Waals surface area (Å²) in [6.45, 7) is 7.76. The molecule has 146 valence electrons. The molecule has 1 aliphatic carbocycles. The van der Waals surface area contributed by atoms with Crippen molar-refractivity contribution in [2.45, 2.75) is 64.8 Å². The third-order valence-electron chi connectivity index (χ3n) is 5.02. The van der Waals surface area contributed by atoms with Gasteiger partial charge < -0.3 is 10.2 Å². The van der Waals surface area contributed by atoms with Crippen molar-refractivity contribution in [2.75, 3.05) is 18.0 Å². The monoisotopic (exact) mass is 388 g/mol. The molecule has 1 aromatic carbocycles. The number of rotatable bonds is 9. The molecule has 1 unspecified atom stereocenters. The van der Waals surface area contributed by atoms with E-state index in [2.05, 4.69) is 24.1 Å². The van der Waals surface area contributed by atoms with Crippen LogP contribution in [0.4, 0.5) is 5.82 Å². The van der Waals surface area contributed by atoms with Crippen molar-refractivity contribution in [3.63, 3.8) is 0 Å². The molecule has 5 nitrogen and oxygen atoms in total. The minimum absolute atomic E-state index is 0.0919. The van der Waals surface area contributed by atoms with E-state index in [1.54, 1.807) is 0 Å². The Hall–Kier alpha value is -1.88. The largest absolute Gasteiger partial charge is 0.355 e. The predicted molar refractivity (Wildman–Crippen MR) is 112 cm³/mol. The molecule has 0 saturated heterocycles. The first kappa shape index (κ1) is 19.9. The minimum atomic E-state index is 0.0919. The number of carbonyl (C=O) groups is 1. The summed E-state index contributed by atoms with van der Waals surface area (Å²) >= 11 is 6.20. The minimum Gasteiger partial charge on any atom is -0.355 e. The molecule has 0 aliphatic heterocycles. The summed E-state index contributed by atoms with van der Waals surface area (Å²) in [4.78, 5) is 24.1. The Kier molecular flexibility index (Phi) is 6.53. The molecule has 1 aliphatic rings. The van der Waals surface area contributed by atoms with Gasteiger partial charge in [-0.1, -0.05) is 25.4 Å². The summed E-state index contributed by atoms with van der Waals surface area (Å²) in [6, 6.07) is 5.99. The molecule has 1 N–H and O–H groups in total. The highest BCUT2D eigenvalue weighted by Crippen LogP contribution is 2.40. The molecular weight excluding hydrogens is 360 g/mol. The van der Waals surface area contributed by atoms with E-state index in [1.807, 2.05) is 25.1 Å². The zero-order valence-corrected chi connectivity index (χ0v) is 17.2. The van der Waals surface area contributed by atoms with Crippen molar-refractivity contribution in [2.24, 2.45) is 0 Å². The van der Waals surface area contributed by atoms with Crippen molar-refractivity contribution in [3.8, 4) is 0 Å². The molecule has 1 fully saturated rings. The van der Waals surface area contributed by atoms with Crippen LogP contribution >= 0.6 is 11.6 Å². The molecule has 0 bridgehead atoms. The maximum atomic E-state index is 12.3. The number of aromatic nitrogens is 2. The van der Waals surface area contributed by atoms with Crippen molar-refractivity contribution in [1.82, 2.24) is 15.3 Å². The van der Waals surface area contributed by atoms with Crippen molar-refractivity contribution in [1.29, 1.82) is 0 Å². The Balaban J connectivity index is 1.87. The van der Waals surface area contributed by atoms with E-state index < -0.39 is 0 Å². The molecule has 0 spiro atoms. The van der Waals surface area contributed by atoms with Crippen molar-refractivity contribution >= 4 is 34.2 Å². The summed E-state index contributed by atoms with van der Waals surface area (Å²) in [7, 11) is 0. The zero-order valence-electron chi connectivity index (χ0n) is 16.5. The number of carbonyl (C=O) groups excluding carboxylic acids is 1. The molecule has 27 heavy (non-hydrogen) atoms. The van der Waals surface area contributed by atoms with E-state index in [9.17, 15) is 4.79 Å². The first-order valence-corrected chi connectivity index (χ1v) is 10.4. The Morgan fingerprint density at radius 1 is 1.30 bits per heavy atom. The van der Waals surface area contributed by atoms with Gasteiger partial charge in [0.15, 0.2) is 0 Å². The number of nitrogens with one attached hydrogen (secondary N) is 1. The third-order valence-corrected chi connectivity index (χ3v) is 5.26. The average Bonchev–Trinajstić information content (AvgIpc) is 3.49. The normalized spacial score (nSPS) is 15.0. The van der Waals surface area contributed by atoms with E-state index in [0.29, 0.717) is 23.9 Å². The molecule has 1 aromatic heterocycles. The van der Waals surface area contributed by atoms with E-state index in [1.165, 1.54) is 0 Å². The summed E-state index contributed by atoms with van der Waals surface area (Å²) in [5.74, 6) is 2.39. The van der Waals surface area contributed by atoms with Crippen LogP contribution in [0, 0.1) is 0 Å². The quantitative estimate of drug-likeness (QED) is 0.677. The highest BCUT2D eigenvalue weighted by molar-refractivity contribution is 6.31. The number of hydrogen-bond donors (Lipinski definition) is 1. The summed E-state index contributed by atoms with van der Waals surface area (Å²) in [5, 5.41) is 4.73. The van der Waals surface area contributed by atoms with Crippen LogP contribution in [0.15, 0.2) is 18.2 Å². The SMILES string of the molecule is CCCN(CCC(=O)NC(C)CC)c1nc(C2CC2)nc2cc(Cl)ccc12. The van der Waals surface area contributed by atoms with E-state index in [0.717, 1.165) is 54.8 Å². The number of nitrogens with zero attached hydrogens (tertiary/aromatic N) is 3. The molecule has 1 saturated carbocycles.